The Labute approximate surface area is 144 Å². The highest BCUT2D eigenvalue weighted by molar-refractivity contribution is 6.42. The van der Waals surface area contributed by atoms with Gasteiger partial charge in [0.2, 0.25) is 0 Å². The molecule has 1 aromatic carbocycles. The first-order valence-corrected chi connectivity index (χ1v) is 7.92. The molecule has 122 valence electrons. The summed E-state index contributed by atoms with van der Waals surface area (Å²) in [5, 5.41) is 5.59. The Morgan fingerprint density at radius 1 is 1.14 bits per heavy atom. The summed E-state index contributed by atoms with van der Waals surface area (Å²) in [6.45, 7) is 2.17. The molecule has 0 saturated carbocycles. The van der Waals surface area contributed by atoms with Crippen molar-refractivity contribution in [3.8, 4) is 0 Å². The number of hydrogen-bond acceptors (Lipinski definition) is 3. The molecule has 8 heteroatoms. The maximum absolute atomic E-state index is 11.7. The summed E-state index contributed by atoms with van der Waals surface area (Å²) in [5.41, 5.74) is 0.224. The van der Waals surface area contributed by atoms with Gasteiger partial charge in [-0.1, -0.05) is 54.6 Å². The number of halogens is 3. The lowest BCUT2D eigenvalue weighted by Crippen LogP contribution is -2.34. The van der Waals surface area contributed by atoms with Crippen LogP contribution in [-0.2, 0) is 9.53 Å². The molecule has 0 radical (unpaired) electrons. The molecule has 2 amide bonds. The first-order valence-electron chi connectivity index (χ1n) is 6.79. The van der Waals surface area contributed by atoms with E-state index in [0.717, 1.165) is 19.3 Å². The minimum Gasteiger partial charge on any atom is -0.464 e. The maximum Gasteiger partial charge on any atom is 0.325 e. The quantitative estimate of drug-likeness (QED) is 0.550. The van der Waals surface area contributed by atoms with E-state index in [0.29, 0.717) is 11.6 Å². The number of amides is 2. The molecule has 5 nitrogen and oxygen atoms in total. The molecule has 0 aliphatic rings. The zero-order valence-electron chi connectivity index (χ0n) is 12.0. The monoisotopic (exact) mass is 366 g/mol. The zero-order valence-corrected chi connectivity index (χ0v) is 14.3. The summed E-state index contributed by atoms with van der Waals surface area (Å²) in [7, 11) is 0. The average molecular weight is 368 g/mol. The smallest absolute Gasteiger partial charge is 0.325 e. The summed E-state index contributed by atoms with van der Waals surface area (Å²) in [5.74, 6) is -0.500. The first kappa shape index (κ1) is 18.9. The molecule has 0 aliphatic heterocycles. The molecule has 0 bridgehead atoms. The fraction of sp³-hybridized carbons (Fsp3) is 0.429. The predicted molar refractivity (Wildman–Crippen MR) is 89.0 cm³/mol. The number of esters is 1. The number of anilines is 1. The van der Waals surface area contributed by atoms with Crippen molar-refractivity contribution in [3.63, 3.8) is 0 Å². The molecule has 0 aromatic heterocycles. The van der Waals surface area contributed by atoms with E-state index in [4.69, 9.17) is 39.5 Å². The molecule has 0 atom stereocenters. The fourth-order valence-corrected chi connectivity index (χ4v) is 2.47. The number of benzene rings is 1. The predicted octanol–water partition coefficient (Wildman–Crippen LogP) is 4.50. The van der Waals surface area contributed by atoms with Gasteiger partial charge in [-0.15, -0.1) is 0 Å². The van der Waals surface area contributed by atoms with Crippen molar-refractivity contribution >= 4 is 52.5 Å². The average Bonchev–Trinajstić information content (AvgIpc) is 2.45. The lowest BCUT2D eigenvalue weighted by molar-refractivity contribution is -0.142. The normalized spacial score (nSPS) is 10.2. The van der Waals surface area contributed by atoms with E-state index < -0.39 is 12.0 Å². The summed E-state index contributed by atoms with van der Waals surface area (Å²) in [6.07, 6.45) is 2.85. The van der Waals surface area contributed by atoms with Gasteiger partial charge in [0.05, 0.1) is 22.3 Å². The Kier molecular flexibility index (Phi) is 8.38. The van der Waals surface area contributed by atoms with Gasteiger partial charge >= 0.3 is 12.0 Å². The largest absolute Gasteiger partial charge is 0.464 e. The van der Waals surface area contributed by atoms with E-state index in [9.17, 15) is 9.59 Å². The van der Waals surface area contributed by atoms with Gasteiger partial charge in [0.25, 0.3) is 0 Å². The topological polar surface area (TPSA) is 67.4 Å². The van der Waals surface area contributed by atoms with Crippen LogP contribution in [0.25, 0.3) is 0 Å². The highest BCUT2D eigenvalue weighted by Gasteiger charge is 2.12. The van der Waals surface area contributed by atoms with Gasteiger partial charge in [-0.05, 0) is 18.6 Å². The number of urea groups is 1. The van der Waals surface area contributed by atoms with E-state index >= 15 is 0 Å². The number of ether oxygens (including phenoxy) is 1. The van der Waals surface area contributed by atoms with Crippen molar-refractivity contribution in [2.24, 2.45) is 0 Å². The van der Waals surface area contributed by atoms with Gasteiger partial charge in [-0.3, -0.25) is 4.79 Å². The van der Waals surface area contributed by atoms with Gasteiger partial charge < -0.3 is 15.4 Å². The van der Waals surface area contributed by atoms with Gasteiger partial charge in [0.15, 0.2) is 0 Å². The van der Waals surface area contributed by atoms with Gasteiger partial charge in [0, 0.05) is 5.02 Å². The lowest BCUT2D eigenvalue weighted by Gasteiger charge is -2.11. The molecule has 1 aromatic rings. The summed E-state index contributed by atoms with van der Waals surface area (Å²) >= 11 is 17.6. The molecule has 0 fully saturated rings. The molecule has 22 heavy (non-hydrogen) atoms. The van der Waals surface area contributed by atoms with Crippen LogP contribution in [0.2, 0.25) is 15.1 Å². The van der Waals surface area contributed by atoms with Crippen LogP contribution in [0.4, 0.5) is 10.5 Å². The molecule has 0 heterocycles. The number of hydrogen-bond donors (Lipinski definition) is 2. The van der Waals surface area contributed by atoms with Crippen molar-refractivity contribution < 1.29 is 14.3 Å². The number of unbranched alkanes of at least 4 members (excludes halogenated alkanes) is 2. The van der Waals surface area contributed by atoms with Gasteiger partial charge in [-0.25, -0.2) is 4.79 Å². The van der Waals surface area contributed by atoms with E-state index in [-0.39, 0.29) is 22.3 Å². The van der Waals surface area contributed by atoms with Gasteiger partial charge in [0.1, 0.15) is 6.54 Å². The third-order valence-electron chi connectivity index (χ3n) is 2.65. The second-order valence-electron chi connectivity index (χ2n) is 4.48. The van der Waals surface area contributed by atoms with Crippen LogP contribution in [0.1, 0.15) is 26.2 Å². The Morgan fingerprint density at radius 2 is 1.77 bits per heavy atom. The molecular weight excluding hydrogens is 351 g/mol. The Balaban J connectivity index is 2.39. The van der Waals surface area contributed by atoms with E-state index in [1.807, 2.05) is 0 Å². The van der Waals surface area contributed by atoms with Crippen molar-refractivity contribution in [1.29, 1.82) is 0 Å². The minimum atomic E-state index is -0.614. The molecule has 0 unspecified atom stereocenters. The van der Waals surface area contributed by atoms with Crippen LogP contribution < -0.4 is 10.6 Å². The maximum atomic E-state index is 11.7. The Bertz CT molecular complexity index is 515. The van der Waals surface area contributed by atoms with Crippen molar-refractivity contribution in [2.45, 2.75) is 26.2 Å². The van der Waals surface area contributed by atoms with Crippen LogP contribution in [0.15, 0.2) is 12.1 Å². The number of nitrogens with one attached hydrogen (secondary N) is 2. The summed E-state index contributed by atoms with van der Waals surface area (Å²) in [4.78, 5) is 23.1. The number of rotatable bonds is 7. The van der Waals surface area contributed by atoms with Crippen LogP contribution in [0.5, 0.6) is 0 Å². The van der Waals surface area contributed by atoms with Crippen LogP contribution >= 0.6 is 34.8 Å². The van der Waals surface area contributed by atoms with Gasteiger partial charge in [-0.2, -0.15) is 0 Å². The second-order valence-corrected chi connectivity index (χ2v) is 5.73. The number of carbonyl (C=O) groups is 2. The van der Waals surface area contributed by atoms with Crippen molar-refractivity contribution in [2.75, 3.05) is 18.5 Å². The Hall–Kier alpha value is -1.17. The molecule has 2 N–H and O–H groups in total. The van der Waals surface area contributed by atoms with E-state index in [1.54, 1.807) is 0 Å². The molecule has 0 spiro atoms. The fourth-order valence-electron chi connectivity index (χ4n) is 1.56. The zero-order chi connectivity index (χ0) is 16.5. The van der Waals surface area contributed by atoms with Crippen LogP contribution in [0, 0.1) is 0 Å². The standard InChI is InChI=1S/C14H17Cl3N2O3/c1-2-3-4-5-22-12(20)8-18-14(21)19-13-10(16)6-9(15)7-11(13)17/h6-7H,2-5,8H2,1H3,(H2,18,19,21). The molecular formula is C14H17Cl3N2O3. The summed E-state index contributed by atoms with van der Waals surface area (Å²) < 4.78 is 4.96. The van der Waals surface area contributed by atoms with Crippen LogP contribution in [-0.4, -0.2) is 25.2 Å². The Morgan fingerprint density at radius 3 is 2.36 bits per heavy atom. The van der Waals surface area contributed by atoms with Crippen molar-refractivity contribution in [1.82, 2.24) is 5.32 Å². The highest BCUT2D eigenvalue weighted by Crippen LogP contribution is 2.33. The van der Waals surface area contributed by atoms with E-state index in [2.05, 4.69) is 17.6 Å². The minimum absolute atomic E-state index is 0.204. The summed E-state index contributed by atoms with van der Waals surface area (Å²) in [6, 6.07) is 2.29. The first-order chi connectivity index (χ1) is 10.4. The SMILES string of the molecule is CCCCCOC(=O)CNC(=O)Nc1c(Cl)cc(Cl)cc1Cl. The molecule has 1 rings (SSSR count). The second kappa shape index (κ2) is 9.77. The van der Waals surface area contributed by atoms with E-state index in [1.165, 1.54) is 12.1 Å². The molecule has 0 aliphatic carbocycles. The third-order valence-corrected chi connectivity index (χ3v) is 3.46. The third kappa shape index (κ3) is 6.73. The lowest BCUT2D eigenvalue weighted by atomic mass is 10.3. The molecule has 0 saturated heterocycles. The van der Waals surface area contributed by atoms with Crippen LogP contribution in [0.3, 0.4) is 0 Å². The van der Waals surface area contributed by atoms with Crippen molar-refractivity contribution in [3.05, 3.63) is 27.2 Å². The number of carbonyl (C=O) groups excluding carboxylic acids is 2. The highest BCUT2D eigenvalue weighted by atomic mass is 35.5.